The highest BCUT2D eigenvalue weighted by Crippen LogP contribution is 2.37. The molecule has 0 saturated heterocycles. The van der Waals surface area contributed by atoms with E-state index in [4.69, 9.17) is 9.47 Å². The number of anilines is 2. The number of rotatable bonds is 10. The van der Waals surface area contributed by atoms with E-state index in [2.05, 4.69) is 10.6 Å². The van der Waals surface area contributed by atoms with Gasteiger partial charge in [0.05, 0.1) is 12.0 Å². The number of nitro benzene ring substituents is 1. The largest absolute Gasteiger partial charge is 0.496 e. The summed E-state index contributed by atoms with van der Waals surface area (Å²) in [6.45, 7) is 2.98. The van der Waals surface area contributed by atoms with E-state index in [1.807, 2.05) is 44.1 Å². The fourth-order valence-electron chi connectivity index (χ4n) is 4.14. The van der Waals surface area contributed by atoms with E-state index in [-0.39, 0.29) is 29.3 Å². The highest BCUT2D eigenvalue weighted by atomic mass is 16.6. The Kier molecular flexibility index (Phi) is 8.70. The number of nitro groups is 1. The van der Waals surface area contributed by atoms with Gasteiger partial charge in [0.2, 0.25) is 5.91 Å². The molecule has 0 heterocycles. The van der Waals surface area contributed by atoms with Crippen LogP contribution in [0.3, 0.4) is 0 Å². The molecule has 1 fully saturated rings. The van der Waals surface area contributed by atoms with Crippen molar-refractivity contribution in [2.75, 3.05) is 45.0 Å². The molecule has 0 aromatic heterocycles. The number of nitrogens with zero attached hydrogens (tertiary/aromatic N) is 2. The maximum Gasteiger partial charge on any atom is 0.333 e. The van der Waals surface area contributed by atoms with E-state index >= 15 is 0 Å². The van der Waals surface area contributed by atoms with Crippen molar-refractivity contribution >= 4 is 23.0 Å². The first-order chi connectivity index (χ1) is 16.3. The topological polar surface area (TPSA) is 106 Å². The van der Waals surface area contributed by atoms with Crippen molar-refractivity contribution in [3.63, 3.8) is 0 Å². The predicted molar refractivity (Wildman–Crippen MR) is 133 cm³/mol. The Morgan fingerprint density at radius 2 is 1.88 bits per heavy atom. The number of hydrogen-bond acceptors (Lipinski definition) is 7. The van der Waals surface area contributed by atoms with Crippen LogP contribution in [0.25, 0.3) is 0 Å². The summed E-state index contributed by atoms with van der Waals surface area (Å²) in [5.41, 5.74) is 2.13. The van der Waals surface area contributed by atoms with Crippen LogP contribution in [-0.2, 0) is 4.79 Å². The van der Waals surface area contributed by atoms with Gasteiger partial charge in [-0.2, -0.15) is 0 Å². The number of likely N-dealkylation sites (N-methyl/N-ethyl adjacent to an activating group) is 1. The van der Waals surface area contributed by atoms with E-state index in [0.717, 1.165) is 29.8 Å². The first-order valence-electron chi connectivity index (χ1n) is 11.6. The number of para-hydroxylation sites is 1. The number of carbonyl (C=O) groups is 1. The second kappa shape index (κ2) is 11.7. The summed E-state index contributed by atoms with van der Waals surface area (Å²) in [6, 6.07) is 10.8. The third-order valence-electron chi connectivity index (χ3n) is 6.11. The molecule has 2 N–H and O–H groups in total. The maximum absolute atomic E-state index is 12.8. The van der Waals surface area contributed by atoms with Crippen molar-refractivity contribution in [1.82, 2.24) is 4.90 Å². The molecule has 9 heteroatoms. The smallest absolute Gasteiger partial charge is 0.333 e. The molecular weight excluding hydrogens is 436 g/mol. The number of nitrogens with one attached hydrogen (secondary N) is 2. The van der Waals surface area contributed by atoms with Crippen LogP contribution in [0.4, 0.5) is 17.1 Å². The van der Waals surface area contributed by atoms with E-state index in [0.29, 0.717) is 31.7 Å². The number of amides is 1. The summed E-state index contributed by atoms with van der Waals surface area (Å²) >= 11 is 0. The minimum absolute atomic E-state index is 0.00775. The Morgan fingerprint density at radius 1 is 1.15 bits per heavy atom. The van der Waals surface area contributed by atoms with Gasteiger partial charge in [-0.3, -0.25) is 14.9 Å². The van der Waals surface area contributed by atoms with Crippen LogP contribution in [0.15, 0.2) is 36.4 Å². The second-order valence-corrected chi connectivity index (χ2v) is 8.93. The maximum atomic E-state index is 12.8. The molecule has 0 atom stereocenters. The Bertz CT molecular complexity index is 1000. The van der Waals surface area contributed by atoms with Gasteiger partial charge in [0.1, 0.15) is 18.0 Å². The lowest BCUT2D eigenvalue weighted by molar-refractivity contribution is -0.385. The third kappa shape index (κ3) is 6.60. The molecule has 1 aliphatic rings. The van der Waals surface area contributed by atoms with Crippen molar-refractivity contribution in [3.05, 3.63) is 52.1 Å². The monoisotopic (exact) mass is 470 g/mol. The number of benzene rings is 2. The average Bonchev–Trinajstić information content (AvgIpc) is 2.80. The summed E-state index contributed by atoms with van der Waals surface area (Å²) in [6.07, 6.45) is 2.91. The Morgan fingerprint density at radius 3 is 2.53 bits per heavy atom. The summed E-state index contributed by atoms with van der Waals surface area (Å²) in [7, 11) is 5.45. The molecule has 3 rings (SSSR count). The lowest BCUT2D eigenvalue weighted by Crippen LogP contribution is -2.32. The van der Waals surface area contributed by atoms with Crippen LogP contribution >= 0.6 is 0 Å². The van der Waals surface area contributed by atoms with Crippen molar-refractivity contribution < 1.29 is 19.2 Å². The molecule has 0 radical (unpaired) electrons. The van der Waals surface area contributed by atoms with Gasteiger partial charge in [-0.25, -0.2) is 0 Å². The zero-order valence-corrected chi connectivity index (χ0v) is 20.3. The Balaban J connectivity index is 1.58. The molecular formula is C25H34N4O5. The SMILES string of the molecule is COc1cc(NC(=O)C2CCC(Nc3cccc(OCCN(C)C)c3[N+](=O)[O-])CC2)ccc1C. The van der Waals surface area contributed by atoms with Gasteiger partial charge in [0.15, 0.2) is 5.75 Å². The summed E-state index contributed by atoms with van der Waals surface area (Å²) < 4.78 is 11.0. The fraction of sp³-hybridized carbons (Fsp3) is 0.480. The molecule has 9 nitrogen and oxygen atoms in total. The minimum atomic E-state index is -0.401. The van der Waals surface area contributed by atoms with Crippen LogP contribution in [0.1, 0.15) is 31.2 Å². The average molecular weight is 471 g/mol. The molecule has 2 aromatic carbocycles. The Labute approximate surface area is 200 Å². The quantitative estimate of drug-likeness (QED) is 0.390. The molecule has 0 spiro atoms. The Hall–Kier alpha value is -3.33. The highest BCUT2D eigenvalue weighted by molar-refractivity contribution is 5.92. The first kappa shape index (κ1) is 25.3. The lowest BCUT2D eigenvalue weighted by Gasteiger charge is -2.29. The van der Waals surface area contributed by atoms with Crippen LogP contribution in [0.5, 0.6) is 11.5 Å². The van der Waals surface area contributed by atoms with Crippen molar-refractivity contribution in [2.24, 2.45) is 5.92 Å². The normalized spacial score (nSPS) is 17.8. The van der Waals surface area contributed by atoms with Crippen molar-refractivity contribution in [3.8, 4) is 11.5 Å². The summed E-state index contributed by atoms with van der Waals surface area (Å²) in [5, 5.41) is 18.1. The van der Waals surface area contributed by atoms with Crippen molar-refractivity contribution in [1.29, 1.82) is 0 Å². The molecule has 1 saturated carbocycles. The minimum Gasteiger partial charge on any atom is -0.496 e. The molecule has 0 aliphatic heterocycles. The highest BCUT2D eigenvalue weighted by Gasteiger charge is 2.29. The third-order valence-corrected chi connectivity index (χ3v) is 6.11. The molecule has 0 bridgehead atoms. The van der Waals surface area contributed by atoms with Crippen LogP contribution in [-0.4, -0.2) is 56.1 Å². The first-order valence-corrected chi connectivity index (χ1v) is 11.6. The summed E-state index contributed by atoms with van der Waals surface area (Å²) in [4.78, 5) is 26.1. The lowest BCUT2D eigenvalue weighted by atomic mass is 9.85. The van der Waals surface area contributed by atoms with Gasteiger partial charge in [-0.05, 0) is 70.5 Å². The molecule has 184 valence electrons. The standard InChI is InChI=1S/C25H34N4O5/c1-17-8-11-20(16-23(17)33-4)27-25(30)18-9-12-19(13-10-18)26-21-6-5-7-22(24(21)29(31)32)34-15-14-28(2)3/h5-8,11,16,18-19,26H,9-10,12-15H2,1-4H3,(H,27,30). The van der Waals surface area contributed by atoms with Gasteiger partial charge in [-0.15, -0.1) is 0 Å². The number of ether oxygens (including phenoxy) is 2. The van der Waals surface area contributed by atoms with Gasteiger partial charge in [0.25, 0.3) is 0 Å². The number of hydrogen-bond donors (Lipinski definition) is 2. The fourth-order valence-corrected chi connectivity index (χ4v) is 4.14. The zero-order chi connectivity index (χ0) is 24.7. The number of methoxy groups -OCH3 is 1. The van der Waals surface area contributed by atoms with Gasteiger partial charge in [-0.1, -0.05) is 12.1 Å². The number of aryl methyl sites for hydroxylation is 1. The summed E-state index contributed by atoms with van der Waals surface area (Å²) in [5.74, 6) is 0.895. The zero-order valence-electron chi connectivity index (χ0n) is 20.3. The van der Waals surface area contributed by atoms with E-state index < -0.39 is 4.92 Å². The van der Waals surface area contributed by atoms with Crippen LogP contribution < -0.4 is 20.1 Å². The van der Waals surface area contributed by atoms with Crippen LogP contribution in [0, 0.1) is 23.0 Å². The molecule has 34 heavy (non-hydrogen) atoms. The van der Waals surface area contributed by atoms with Crippen molar-refractivity contribution in [2.45, 2.75) is 38.6 Å². The van der Waals surface area contributed by atoms with Crippen LogP contribution in [0.2, 0.25) is 0 Å². The van der Waals surface area contributed by atoms with Gasteiger partial charge < -0.3 is 25.0 Å². The molecule has 0 unspecified atom stereocenters. The van der Waals surface area contributed by atoms with E-state index in [1.165, 1.54) is 0 Å². The number of carbonyl (C=O) groups excluding carboxylic acids is 1. The van der Waals surface area contributed by atoms with E-state index in [9.17, 15) is 14.9 Å². The molecule has 2 aromatic rings. The predicted octanol–water partition coefficient (Wildman–Crippen LogP) is 4.46. The van der Waals surface area contributed by atoms with Gasteiger partial charge >= 0.3 is 5.69 Å². The molecule has 1 amide bonds. The van der Waals surface area contributed by atoms with Gasteiger partial charge in [0, 0.05) is 30.3 Å². The molecule has 1 aliphatic carbocycles. The van der Waals surface area contributed by atoms with E-state index in [1.54, 1.807) is 25.3 Å². The second-order valence-electron chi connectivity index (χ2n) is 8.93.